The molecule has 0 unspecified atom stereocenters. The highest BCUT2D eigenvalue weighted by Gasteiger charge is 2.35. The molecular weight excluding hydrogens is 385 g/mol. The summed E-state index contributed by atoms with van der Waals surface area (Å²) in [6.45, 7) is 1.50. The third-order valence-electron chi connectivity index (χ3n) is 5.83. The lowest BCUT2D eigenvalue weighted by Gasteiger charge is -2.36. The van der Waals surface area contributed by atoms with E-state index in [0.717, 1.165) is 27.7 Å². The Kier molecular flexibility index (Phi) is 4.84. The monoisotopic (exact) mass is 407 g/mol. The molecule has 0 bridgehead atoms. The first-order valence-corrected chi connectivity index (χ1v) is 9.95. The summed E-state index contributed by atoms with van der Waals surface area (Å²) in [7, 11) is 1.66. The fraction of sp³-hybridized carbons (Fsp3) is 0.304. The zero-order chi connectivity index (χ0) is 20.6. The van der Waals surface area contributed by atoms with Crippen LogP contribution in [0.3, 0.4) is 0 Å². The number of hydrogen-bond donors (Lipinski definition) is 0. The Morgan fingerprint density at radius 2 is 1.93 bits per heavy atom. The van der Waals surface area contributed by atoms with Gasteiger partial charge in [-0.05, 0) is 46.8 Å². The first kappa shape index (κ1) is 19.0. The van der Waals surface area contributed by atoms with Gasteiger partial charge in [-0.15, -0.1) is 10.2 Å². The maximum atomic E-state index is 14.4. The number of aromatic nitrogens is 3. The summed E-state index contributed by atoms with van der Waals surface area (Å²) in [6, 6.07) is 14.8. The Bertz CT molecular complexity index is 1200. The van der Waals surface area contributed by atoms with Gasteiger partial charge in [-0.25, -0.2) is 4.39 Å². The molecule has 0 radical (unpaired) electrons. The first-order valence-electron chi connectivity index (χ1n) is 9.95. The van der Waals surface area contributed by atoms with Gasteiger partial charge in [0, 0.05) is 39.2 Å². The van der Waals surface area contributed by atoms with E-state index in [-0.39, 0.29) is 5.82 Å². The van der Waals surface area contributed by atoms with E-state index in [4.69, 9.17) is 14.2 Å². The maximum Gasteiger partial charge on any atom is 0.161 e. The number of pyridine rings is 1. The summed E-state index contributed by atoms with van der Waals surface area (Å²) in [5.41, 5.74) is 3.01. The minimum Gasteiger partial charge on any atom is -0.489 e. The largest absolute Gasteiger partial charge is 0.489 e. The molecule has 6 nitrogen and oxygen atoms in total. The van der Waals surface area contributed by atoms with Gasteiger partial charge in [0.1, 0.15) is 24.5 Å². The van der Waals surface area contributed by atoms with Crippen LogP contribution in [0.15, 0.2) is 54.9 Å². The summed E-state index contributed by atoms with van der Waals surface area (Å²) in [5, 5.41) is 9.15. The number of halogens is 1. The van der Waals surface area contributed by atoms with Crippen LogP contribution in [0.4, 0.5) is 4.39 Å². The SMILES string of the molecule is COC1(c2cc(F)cc(OCc3ccc4ccc5nncn5c4c3)c2)CCOCC1. The van der Waals surface area contributed by atoms with E-state index in [0.29, 0.717) is 38.4 Å². The first-order chi connectivity index (χ1) is 14.7. The fourth-order valence-corrected chi connectivity index (χ4v) is 4.12. The van der Waals surface area contributed by atoms with Crippen molar-refractivity contribution < 1.29 is 18.6 Å². The van der Waals surface area contributed by atoms with Crippen molar-refractivity contribution in [3.05, 3.63) is 71.8 Å². The van der Waals surface area contributed by atoms with Crippen LogP contribution in [0.2, 0.25) is 0 Å². The number of nitrogens with zero attached hydrogens (tertiary/aromatic N) is 3. The summed E-state index contributed by atoms with van der Waals surface area (Å²) in [5.74, 6) is 0.144. The molecule has 0 amide bonds. The van der Waals surface area contributed by atoms with Gasteiger partial charge in [0.25, 0.3) is 0 Å². The zero-order valence-corrected chi connectivity index (χ0v) is 16.7. The van der Waals surface area contributed by atoms with Crippen LogP contribution in [0.1, 0.15) is 24.0 Å². The average molecular weight is 407 g/mol. The molecule has 0 aliphatic carbocycles. The Hall–Kier alpha value is -3.03. The molecule has 0 spiro atoms. The molecule has 0 saturated carbocycles. The van der Waals surface area contributed by atoms with Crippen LogP contribution in [0, 0.1) is 5.82 Å². The summed E-state index contributed by atoms with van der Waals surface area (Å²) < 4.78 is 33.5. The highest BCUT2D eigenvalue weighted by molar-refractivity contribution is 5.82. The van der Waals surface area contributed by atoms with Crippen LogP contribution >= 0.6 is 0 Å². The molecule has 1 aliphatic heterocycles. The molecule has 7 heteroatoms. The molecule has 1 saturated heterocycles. The van der Waals surface area contributed by atoms with Crippen molar-refractivity contribution in [2.45, 2.75) is 25.0 Å². The predicted octanol–water partition coefficient (Wildman–Crippen LogP) is 4.25. The van der Waals surface area contributed by atoms with E-state index >= 15 is 0 Å². The van der Waals surface area contributed by atoms with E-state index in [1.165, 1.54) is 12.1 Å². The fourth-order valence-electron chi connectivity index (χ4n) is 4.12. The van der Waals surface area contributed by atoms with Crippen LogP contribution in [0.5, 0.6) is 5.75 Å². The zero-order valence-electron chi connectivity index (χ0n) is 16.7. The van der Waals surface area contributed by atoms with E-state index in [9.17, 15) is 4.39 Å². The molecule has 1 aliphatic rings. The lowest BCUT2D eigenvalue weighted by molar-refractivity contribution is -0.0950. The number of fused-ring (bicyclic) bond motifs is 3. The standard InChI is InChI=1S/C23H22FN3O3/c1-28-23(6-8-29-9-7-23)18-11-19(24)13-20(12-18)30-14-16-2-3-17-4-5-22-26-25-15-27(22)21(17)10-16/h2-5,10-13,15H,6-9,14H2,1H3. The molecule has 2 aromatic heterocycles. The van der Waals surface area contributed by atoms with Crippen LogP contribution in [-0.4, -0.2) is 34.9 Å². The smallest absolute Gasteiger partial charge is 0.161 e. The molecule has 0 N–H and O–H groups in total. The minimum absolute atomic E-state index is 0.320. The molecule has 5 rings (SSSR count). The Morgan fingerprint density at radius 3 is 2.77 bits per heavy atom. The minimum atomic E-state index is -0.540. The van der Waals surface area contributed by atoms with Crippen molar-refractivity contribution >= 4 is 16.6 Å². The van der Waals surface area contributed by atoms with Crippen molar-refractivity contribution in [2.75, 3.05) is 20.3 Å². The lowest BCUT2D eigenvalue weighted by Crippen LogP contribution is -2.35. The normalized spacial score (nSPS) is 16.2. The molecule has 0 atom stereocenters. The van der Waals surface area contributed by atoms with Gasteiger partial charge in [-0.3, -0.25) is 4.40 Å². The van der Waals surface area contributed by atoms with Crippen molar-refractivity contribution in [1.82, 2.24) is 14.6 Å². The van der Waals surface area contributed by atoms with Gasteiger partial charge in [0.15, 0.2) is 5.65 Å². The molecular formula is C23H22FN3O3. The second-order valence-electron chi connectivity index (χ2n) is 7.56. The average Bonchev–Trinajstić information content (AvgIpc) is 3.27. The highest BCUT2D eigenvalue weighted by atomic mass is 19.1. The van der Waals surface area contributed by atoms with Crippen molar-refractivity contribution in [3.8, 4) is 5.75 Å². The van der Waals surface area contributed by atoms with Gasteiger partial charge in [0.05, 0.1) is 11.1 Å². The molecule has 154 valence electrons. The quantitative estimate of drug-likeness (QED) is 0.495. The van der Waals surface area contributed by atoms with Crippen LogP contribution in [0.25, 0.3) is 16.6 Å². The van der Waals surface area contributed by atoms with E-state index in [1.807, 2.05) is 40.8 Å². The van der Waals surface area contributed by atoms with Gasteiger partial charge >= 0.3 is 0 Å². The number of benzene rings is 2. The molecule has 30 heavy (non-hydrogen) atoms. The van der Waals surface area contributed by atoms with Gasteiger partial charge < -0.3 is 14.2 Å². The summed E-state index contributed by atoms with van der Waals surface area (Å²) in [4.78, 5) is 0. The van der Waals surface area contributed by atoms with Crippen molar-refractivity contribution in [2.24, 2.45) is 0 Å². The summed E-state index contributed by atoms with van der Waals surface area (Å²) in [6.07, 6.45) is 3.07. The second-order valence-corrected chi connectivity index (χ2v) is 7.56. The molecule has 2 aromatic carbocycles. The Labute approximate surface area is 173 Å². The second kappa shape index (κ2) is 7.66. The van der Waals surface area contributed by atoms with Crippen LogP contribution in [-0.2, 0) is 21.7 Å². The van der Waals surface area contributed by atoms with E-state index in [2.05, 4.69) is 10.2 Å². The molecule has 3 heterocycles. The number of methoxy groups -OCH3 is 1. The predicted molar refractivity (Wildman–Crippen MR) is 110 cm³/mol. The van der Waals surface area contributed by atoms with Gasteiger partial charge in [-0.1, -0.05) is 12.1 Å². The number of rotatable bonds is 5. The molecule has 1 fully saturated rings. The lowest BCUT2D eigenvalue weighted by atomic mass is 9.86. The summed E-state index contributed by atoms with van der Waals surface area (Å²) >= 11 is 0. The number of hydrogen-bond acceptors (Lipinski definition) is 5. The third-order valence-corrected chi connectivity index (χ3v) is 5.83. The van der Waals surface area contributed by atoms with Crippen molar-refractivity contribution in [3.63, 3.8) is 0 Å². The third kappa shape index (κ3) is 3.40. The topological polar surface area (TPSA) is 57.9 Å². The highest BCUT2D eigenvalue weighted by Crippen LogP contribution is 2.37. The van der Waals surface area contributed by atoms with Gasteiger partial charge in [-0.2, -0.15) is 0 Å². The van der Waals surface area contributed by atoms with Crippen LogP contribution < -0.4 is 4.74 Å². The Morgan fingerprint density at radius 1 is 1.10 bits per heavy atom. The maximum absolute atomic E-state index is 14.4. The molecule has 4 aromatic rings. The Balaban J connectivity index is 1.42. The van der Waals surface area contributed by atoms with Crippen molar-refractivity contribution in [1.29, 1.82) is 0 Å². The van der Waals surface area contributed by atoms with Gasteiger partial charge in [0.2, 0.25) is 0 Å². The number of ether oxygens (including phenoxy) is 3. The van der Waals surface area contributed by atoms with E-state index in [1.54, 1.807) is 13.4 Å². The van der Waals surface area contributed by atoms with E-state index < -0.39 is 5.60 Å².